The zero-order valence-electron chi connectivity index (χ0n) is 11.7. The molecule has 2 aromatic carbocycles. The predicted molar refractivity (Wildman–Crippen MR) is 79.5 cm³/mol. The van der Waals surface area contributed by atoms with Crippen molar-refractivity contribution in [1.82, 2.24) is 0 Å². The van der Waals surface area contributed by atoms with E-state index in [1.165, 1.54) is 6.07 Å². The van der Waals surface area contributed by atoms with Crippen molar-refractivity contribution in [1.29, 1.82) is 0 Å². The first-order chi connectivity index (χ1) is 11.1. The van der Waals surface area contributed by atoms with Gasteiger partial charge in [-0.3, -0.25) is 4.79 Å². The van der Waals surface area contributed by atoms with E-state index in [2.05, 4.69) is 5.32 Å². The van der Waals surface area contributed by atoms with Gasteiger partial charge in [-0.2, -0.15) is 13.2 Å². The van der Waals surface area contributed by atoms with Gasteiger partial charge in [0.05, 0.1) is 27.4 Å². The van der Waals surface area contributed by atoms with E-state index in [4.69, 9.17) is 16.7 Å². The number of alkyl halides is 3. The number of phenolic OH excluding ortho intramolecular Hbond substituents is 1. The normalized spacial score (nSPS) is 11.2. The average Bonchev–Trinajstić information content (AvgIpc) is 2.48. The molecule has 0 aromatic heterocycles. The third-order valence-corrected chi connectivity index (χ3v) is 3.35. The Morgan fingerprint density at radius 3 is 2.29 bits per heavy atom. The van der Waals surface area contributed by atoms with Crippen molar-refractivity contribution in [2.24, 2.45) is 0 Å². The van der Waals surface area contributed by atoms with Crippen LogP contribution in [0.25, 0.3) is 0 Å². The zero-order valence-corrected chi connectivity index (χ0v) is 12.4. The molecule has 0 saturated carbocycles. The molecule has 3 N–H and O–H groups in total. The van der Waals surface area contributed by atoms with Crippen LogP contribution in [-0.4, -0.2) is 22.1 Å². The highest BCUT2D eigenvalue weighted by molar-refractivity contribution is 6.34. The van der Waals surface area contributed by atoms with Gasteiger partial charge >= 0.3 is 12.1 Å². The van der Waals surface area contributed by atoms with Crippen molar-refractivity contribution in [2.75, 3.05) is 5.32 Å². The largest absolute Gasteiger partial charge is 0.507 e. The summed E-state index contributed by atoms with van der Waals surface area (Å²) in [4.78, 5) is 22.9. The number of rotatable bonds is 3. The molecule has 0 unspecified atom stereocenters. The second-order valence-electron chi connectivity index (χ2n) is 4.68. The van der Waals surface area contributed by atoms with Gasteiger partial charge in [-0.1, -0.05) is 11.6 Å². The van der Waals surface area contributed by atoms with Crippen LogP contribution in [-0.2, 0) is 6.18 Å². The molecule has 0 radical (unpaired) electrons. The quantitative estimate of drug-likeness (QED) is 0.772. The topological polar surface area (TPSA) is 86.6 Å². The van der Waals surface area contributed by atoms with Crippen molar-refractivity contribution >= 4 is 29.2 Å². The van der Waals surface area contributed by atoms with E-state index >= 15 is 0 Å². The molecule has 2 rings (SSSR count). The zero-order chi connectivity index (χ0) is 18.1. The van der Waals surface area contributed by atoms with E-state index in [1.54, 1.807) is 0 Å². The van der Waals surface area contributed by atoms with Crippen LogP contribution in [0.5, 0.6) is 5.75 Å². The van der Waals surface area contributed by atoms with Crippen LogP contribution in [0.3, 0.4) is 0 Å². The fraction of sp³-hybridized carbons (Fsp3) is 0.0667. The first-order valence-electron chi connectivity index (χ1n) is 6.34. The monoisotopic (exact) mass is 359 g/mol. The molecule has 0 fully saturated rings. The van der Waals surface area contributed by atoms with Crippen LogP contribution in [0.1, 0.15) is 26.3 Å². The Balaban J connectivity index is 2.32. The number of carbonyl (C=O) groups excluding carboxylic acids is 1. The first-order valence-corrected chi connectivity index (χ1v) is 6.72. The number of aromatic hydroxyl groups is 1. The molecule has 5 nitrogen and oxygen atoms in total. The Kier molecular flexibility index (Phi) is 4.70. The molecular weight excluding hydrogens is 351 g/mol. The Hall–Kier alpha value is -2.74. The number of hydrogen-bond acceptors (Lipinski definition) is 3. The van der Waals surface area contributed by atoms with E-state index < -0.39 is 34.9 Å². The van der Waals surface area contributed by atoms with E-state index in [-0.39, 0.29) is 16.3 Å². The standard InChI is InChI=1S/C15H9ClF3NO4/c16-10-5-7(14(23)24)1-3-11(10)20-13(22)9-6-8(15(17,18)19)2-4-12(9)21/h1-6,21H,(H,20,22)(H,23,24). The maximum absolute atomic E-state index is 12.7. The van der Waals surface area contributed by atoms with Gasteiger partial charge in [0.15, 0.2) is 0 Å². The lowest BCUT2D eigenvalue weighted by molar-refractivity contribution is -0.137. The van der Waals surface area contributed by atoms with Gasteiger partial charge < -0.3 is 15.5 Å². The summed E-state index contributed by atoms with van der Waals surface area (Å²) >= 11 is 5.83. The van der Waals surface area contributed by atoms with Crippen LogP contribution in [0, 0.1) is 0 Å². The van der Waals surface area contributed by atoms with E-state index in [0.717, 1.165) is 18.2 Å². The predicted octanol–water partition coefficient (Wildman–Crippen LogP) is 4.01. The van der Waals surface area contributed by atoms with Gasteiger partial charge in [-0.05, 0) is 36.4 Å². The number of hydrogen-bond donors (Lipinski definition) is 3. The summed E-state index contributed by atoms with van der Waals surface area (Å²) in [6.45, 7) is 0. The number of benzene rings is 2. The number of carboxylic acids is 1. The number of carbonyl (C=O) groups is 2. The molecule has 0 atom stereocenters. The molecule has 0 saturated heterocycles. The van der Waals surface area contributed by atoms with Crippen molar-refractivity contribution in [2.45, 2.75) is 6.18 Å². The first kappa shape index (κ1) is 17.6. The minimum atomic E-state index is -4.68. The van der Waals surface area contributed by atoms with Gasteiger partial charge in [-0.15, -0.1) is 0 Å². The Morgan fingerprint density at radius 2 is 1.75 bits per heavy atom. The molecule has 1 amide bonds. The highest BCUT2D eigenvalue weighted by Crippen LogP contribution is 2.33. The summed E-state index contributed by atoms with van der Waals surface area (Å²) in [5, 5.41) is 20.5. The molecule has 9 heteroatoms. The second kappa shape index (κ2) is 6.40. The van der Waals surface area contributed by atoms with Crippen LogP contribution >= 0.6 is 11.6 Å². The number of carboxylic acid groups (broad SMARTS) is 1. The number of halogens is 4. The maximum Gasteiger partial charge on any atom is 0.416 e. The molecule has 0 spiro atoms. The number of nitrogens with one attached hydrogen (secondary N) is 1. The summed E-state index contributed by atoms with van der Waals surface area (Å²) in [5.74, 6) is -2.90. The number of amides is 1. The van der Waals surface area contributed by atoms with Gasteiger partial charge in [0.2, 0.25) is 0 Å². The average molecular weight is 360 g/mol. The number of anilines is 1. The third-order valence-electron chi connectivity index (χ3n) is 3.03. The summed E-state index contributed by atoms with van der Waals surface area (Å²) < 4.78 is 38.1. The number of phenols is 1. The van der Waals surface area contributed by atoms with Crippen molar-refractivity contribution in [3.05, 3.63) is 58.1 Å². The smallest absolute Gasteiger partial charge is 0.416 e. The fourth-order valence-electron chi connectivity index (χ4n) is 1.83. The van der Waals surface area contributed by atoms with Crippen LogP contribution in [0.4, 0.5) is 18.9 Å². The SMILES string of the molecule is O=C(O)c1ccc(NC(=O)c2cc(C(F)(F)F)ccc2O)c(Cl)c1. The van der Waals surface area contributed by atoms with E-state index in [9.17, 15) is 27.9 Å². The van der Waals surface area contributed by atoms with Crippen molar-refractivity contribution < 1.29 is 33.0 Å². The van der Waals surface area contributed by atoms with Crippen molar-refractivity contribution in [3.63, 3.8) is 0 Å². The Labute approximate surface area is 138 Å². The lowest BCUT2D eigenvalue weighted by atomic mass is 10.1. The van der Waals surface area contributed by atoms with Crippen LogP contribution in [0.2, 0.25) is 5.02 Å². The van der Waals surface area contributed by atoms with E-state index in [1.807, 2.05) is 0 Å². The van der Waals surface area contributed by atoms with Crippen LogP contribution in [0.15, 0.2) is 36.4 Å². The van der Waals surface area contributed by atoms with Gasteiger partial charge in [-0.25, -0.2) is 4.79 Å². The van der Waals surface area contributed by atoms with Gasteiger partial charge in [0.1, 0.15) is 5.75 Å². The minimum absolute atomic E-state index is 0.0107. The molecule has 126 valence electrons. The maximum atomic E-state index is 12.7. The van der Waals surface area contributed by atoms with Gasteiger partial charge in [0.25, 0.3) is 5.91 Å². The molecular formula is C15H9ClF3NO4. The summed E-state index contributed by atoms with van der Waals surface area (Å²) in [5.41, 5.74) is -1.83. The molecule has 24 heavy (non-hydrogen) atoms. The molecule has 0 heterocycles. The molecule has 0 bridgehead atoms. The highest BCUT2D eigenvalue weighted by atomic mass is 35.5. The highest BCUT2D eigenvalue weighted by Gasteiger charge is 2.32. The third kappa shape index (κ3) is 3.77. The molecule has 0 aliphatic heterocycles. The van der Waals surface area contributed by atoms with E-state index in [0.29, 0.717) is 12.1 Å². The summed E-state index contributed by atoms with van der Waals surface area (Å²) in [6, 6.07) is 5.33. The summed E-state index contributed by atoms with van der Waals surface area (Å²) in [7, 11) is 0. The lowest BCUT2D eigenvalue weighted by Gasteiger charge is -2.12. The summed E-state index contributed by atoms with van der Waals surface area (Å²) in [6.07, 6.45) is -4.68. The molecule has 0 aliphatic carbocycles. The molecule has 0 aliphatic rings. The van der Waals surface area contributed by atoms with Gasteiger partial charge in [0, 0.05) is 0 Å². The fourth-order valence-corrected chi connectivity index (χ4v) is 2.06. The molecule has 2 aromatic rings. The van der Waals surface area contributed by atoms with Crippen molar-refractivity contribution in [3.8, 4) is 5.75 Å². The Morgan fingerprint density at radius 1 is 1.08 bits per heavy atom. The number of aromatic carboxylic acids is 1. The Bertz CT molecular complexity index is 821. The minimum Gasteiger partial charge on any atom is -0.507 e. The van der Waals surface area contributed by atoms with Crippen LogP contribution < -0.4 is 5.32 Å². The lowest BCUT2D eigenvalue weighted by Crippen LogP contribution is -2.14. The second-order valence-corrected chi connectivity index (χ2v) is 5.09.